The molecule has 3 saturated carbocycles. The van der Waals surface area contributed by atoms with Crippen LogP contribution in [0, 0.1) is 34.0 Å². The molecule has 28 heavy (non-hydrogen) atoms. The molecule has 3 aliphatic rings. The largest absolute Gasteiger partial charge is 0.458 e. The van der Waals surface area contributed by atoms with Crippen LogP contribution < -0.4 is 0 Å². The van der Waals surface area contributed by atoms with Crippen LogP contribution in [0.5, 0.6) is 0 Å². The first-order chi connectivity index (χ1) is 13.1. The number of hydrogen-bond donors (Lipinski definition) is 0. The van der Waals surface area contributed by atoms with Crippen LogP contribution in [0.1, 0.15) is 119 Å². The highest BCUT2D eigenvalue weighted by Gasteiger charge is 2.69. The number of fused-ring (bicyclic) bond motifs is 1. The van der Waals surface area contributed by atoms with E-state index >= 15 is 0 Å². The van der Waals surface area contributed by atoms with Crippen molar-refractivity contribution in [3.05, 3.63) is 0 Å². The van der Waals surface area contributed by atoms with Crippen LogP contribution in [0.4, 0.5) is 0 Å². The molecule has 3 aliphatic carbocycles. The summed E-state index contributed by atoms with van der Waals surface area (Å²) in [5.41, 5.74) is 0.208. The molecule has 2 heteroatoms. The lowest BCUT2D eigenvalue weighted by molar-refractivity contribution is -0.190. The van der Waals surface area contributed by atoms with Crippen molar-refractivity contribution in [2.24, 2.45) is 34.0 Å². The van der Waals surface area contributed by atoms with E-state index in [1.807, 2.05) is 0 Å². The van der Waals surface area contributed by atoms with E-state index in [0.717, 1.165) is 37.5 Å². The average Bonchev–Trinajstić information content (AvgIpc) is 3.03. The zero-order valence-corrected chi connectivity index (χ0v) is 19.8. The molecule has 0 saturated heterocycles. The Morgan fingerprint density at radius 1 is 1.04 bits per heavy atom. The summed E-state index contributed by atoms with van der Waals surface area (Å²) in [7, 11) is 0. The Morgan fingerprint density at radius 2 is 1.75 bits per heavy atom. The number of carbonyl (C=O) groups excluding carboxylic acids is 1. The summed E-state index contributed by atoms with van der Waals surface area (Å²) in [4.78, 5) is 13.3. The second kappa shape index (κ2) is 7.62. The Balaban J connectivity index is 1.92. The molecule has 0 aromatic heterocycles. The second-order valence-corrected chi connectivity index (χ2v) is 11.9. The molecule has 162 valence electrons. The van der Waals surface area contributed by atoms with Gasteiger partial charge in [0.1, 0.15) is 5.60 Å². The second-order valence-electron chi connectivity index (χ2n) is 11.9. The van der Waals surface area contributed by atoms with Crippen LogP contribution in [0.15, 0.2) is 0 Å². The van der Waals surface area contributed by atoms with E-state index in [2.05, 4.69) is 48.5 Å². The van der Waals surface area contributed by atoms with Gasteiger partial charge >= 0.3 is 5.97 Å². The van der Waals surface area contributed by atoms with Gasteiger partial charge in [-0.05, 0) is 87.9 Å². The predicted molar refractivity (Wildman–Crippen MR) is 117 cm³/mol. The fourth-order valence-electron chi connectivity index (χ4n) is 7.88. The summed E-state index contributed by atoms with van der Waals surface area (Å²) in [5, 5.41) is 0. The fourth-order valence-corrected chi connectivity index (χ4v) is 7.88. The first-order valence-corrected chi connectivity index (χ1v) is 12.3. The van der Waals surface area contributed by atoms with Crippen LogP contribution in [-0.2, 0) is 9.53 Å². The number of carbonyl (C=O) groups is 1. The Labute approximate surface area is 174 Å². The third-order valence-corrected chi connectivity index (χ3v) is 9.52. The van der Waals surface area contributed by atoms with Crippen molar-refractivity contribution in [2.45, 2.75) is 125 Å². The smallest absolute Gasteiger partial charge is 0.312 e. The van der Waals surface area contributed by atoms with Crippen molar-refractivity contribution in [2.75, 3.05) is 0 Å². The van der Waals surface area contributed by atoms with E-state index in [1.54, 1.807) is 0 Å². The normalized spacial score (nSPS) is 39.0. The summed E-state index contributed by atoms with van der Waals surface area (Å²) in [5.74, 6) is 2.24. The highest BCUT2D eigenvalue weighted by Crippen LogP contribution is 2.74. The van der Waals surface area contributed by atoms with Gasteiger partial charge in [0.05, 0.1) is 5.41 Å². The standard InChI is InChI=1S/C26H46O2/c1-8-10-11-15-26(28-22(27)23(4,5)14-9-2)17-16-25-18-21(26)24(6,7)20(25)13-12-19(25)3/h19-21H,8-18H2,1-7H3. The monoisotopic (exact) mass is 390 g/mol. The van der Waals surface area contributed by atoms with Crippen molar-refractivity contribution in [1.82, 2.24) is 0 Å². The molecular weight excluding hydrogens is 344 g/mol. The summed E-state index contributed by atoms with van der Waals surface area (Å²) < 4.78 is 6.67. The zero-order valence-electron chi connectivity index (χ0n) is 19.8. The molecule has 2 nitrogen and oxygen atoms in total. The van der Waals surface area contributed by atoms with E-state index in [-0.39, 0.29) is 22.4 Å². The van der Waals surface area contributed by atoms with E-state index in [0.29, 0.717) is 11.3 Å². The molecule has 2 bridgehead atoms. The maximum Gasteiger partial charge on any atom is 0.312 e. The minimum Gasteiger partial charge on any atom is -0.458 e. The summed E-state index contributed by atoms with van der Waals surface area (Å²) in [6.45, 7) is 16.1. The maximum atomic E-state index is 13.3. The van der Waals surface area contributed by atoms with Crippen molar-refractivity contribution in [3.63, 3.8) is 0 Å². The van der Waals surface area contributed by atoms with Gasteiger partial charge in [-0.2, -0.15) is 0 Å². The van der Waals surface area contributed by atoms with Gasteiger partial charge in [-0.3, -0.25) is 4.79 Å². The molecule has 3 rings (SSSR count). The lowest BCUT2D eigenvalue weighted by Crippen LogP contribution is -2.51. The molecule has 3 fully saturated rings. The predicted octanol–water partition coefficient (Wildman–Crippen LogP) is 7.55. The van der Waals surface area contributed by atoms with Crippen molar-refractivity contribution >= 4 is 5.97 Å². The van der Waals surface area contributed by atoms with E-state index in [9.17, 15) is 4.79 Å². The van der Waals surface area contributed by atoms with Crippen LogP contribution in [0.2, 0.25) is 0 Å². The third-order valence-electron chi connectivity index (χ3n) is 9.52. The Hall–Kier alpha value is -0.530. The number of rotatable bonds is 8. The molecule has 1 spiro atoms. The van der Waals surface area contributed by atoms with Gasteiger partial charge in [0, 0.05) is 5.92 Å². The van der Waals surface area contributed by atoms with Gasteiger partial charge < -0.3 is 4.74 Å². The quantitative estimate of drug-likeness (QED) is 0.316. The molecule has 0 N–H and O–H groups in total. The number of hydrogen-bond acceptors (Lipinski definition) is 2. The molecule has 5 unspecified atom stereocenters. The van der Waals surface area contributed by atoms with Gasteiger partial charge in [0.25, 0.3) is 0 Å². The molecule has 0 heterocycles. The molecule has 0 aromatic carbocycles. The summed E-state index contributed by atoms with van der Waals surface area (Å²) in [6.07, 6.45) is 13.1. The Kier molecular flexibility index (Phi) is 6.03. The van der Waals surface area contributed by atoms with Gasteiger partial charge in [0.2, 0.25) is 0 Å². The minimum absolute atomic E-state index is 0.0581. The van der Waals surface area contributed by atoms with Crippen LogP contribution >= 0.6 is 0 Å². The summed E-state index contributed by atoms with van der Waals surface area (Å²) >= 11 is 0. The molecule has 5 atom stereocenters. The van der Waals surface area contributed by atoms with Crippen LogP contribution in [0.25, 0.3) is 0 Å². The highest BCUT2D eigenvalue weighted by atomic mass is 16.6. The first-order valence-electron chi connectivity index (χ1n) is 12.3. The van der Waals surface area contributed by atoms with Crippen LogP contribution in [0.3, 0.4) is 0 Å². The number of unbranched alkanes of at least 4 members (excludes halogenated alkanes) is 2. The van der Waals surface area contributed by atoms with E-state index in [1.165, 1.54) is 44.9 Å². The molecular formula is C26H46O2. The summed E-state index contributed by atoms with van der Waals surface area (Å²) in [6, 6.07) is 0. The average molecular weight is 391 g/mol. The SMILES string of the molecule is CCCCCC1(OC(=O)C(C)(C)CCC)CCC23CC1C(C)(C)C2CCC3C. The topological polar surface area (TPSA) is 26.3 Å². The maximum absolute atomic E-state index is 13.3. The minimum atomic E-state index is -0.368. The lowest BCUT2D eigenvalue weighted by Gasteiger charge is -2.49. The Morgan fingerprint density at radius 3 is 2.39 bits per heavy atom. The van der Waals surface area contributed by atoms with Gasteiger partial charge in [-0.25, -0.2) is 0 Å². The van der Waals surface area contributed by atoms with Crippen molar-refractivity contribution in [3.8, 4) is 0 Å². The van der Waals surface area contributed by atoms with Crippen molar-refractivity contribution < 1.29 is 9.53 Å². The third kappa shape index (κ3) is 3.35. The van der Waals surface area contributed by atoms with Gasteiger partial charge in [-0.15, -0.1) is 0 Å². The van der Waals surface area contributed by atoms with E-state index in [4.69, 9.17) is 4.74 Å². The van der Waals surface area contributed by atoms with Gasteiger partial charge in [-0.1, -0.05) is 53.9 Å². The number of ether oxygens (including phenoxy) is 1. The molecule has 0 amide bonds. The van der Waals surface area contributed by atoms with Crippen LogP contribution in [-0.4, -0.2) is 11.6 Å². The zero-order chi connectivity index (χ0) is 20.8. The lowest BCUT2D eigenvalue weighted by atomic mass is 9.62. The molecule has 0 radical (unpaired) electrons. The molecule has 0 aliphatic heterocycles. The fraction of sp³-hybridized carbons (Fsp3) is 0.962. The van der Waals surface area contributed by atoms with Crippen molar-refractivity contribution in [1.29, 1.82) is 0 Å². The van der Waals surface area contributed by atoms with E-state index < -0.39 is 0 Å². The highest BCUT2D eigenvalue weighted by molar-refractivity contribution is 5.76. The number of esters is 1. The first kappa shape index (κ1) is 22.2. The van der Waals surface area contributed by atoms with Gasteiger partial charge in [0.15, 0.2) is 0 Å². The Bertz CT molecular complexity index is 577. The molecule has 0 aromatic rings.